The topological polar surface area (TPSA) is 143 Å². The van der Waals surface area contributed by atoms with E-state index in [0.717, 1.165) is 9.35 Å². The van der Waals surface area contributed by atoms with Gasteiger partial charge < -0.3 is 14.7 Å². The number of hydrogen-bond acceptors (Lipinski definition) is 12. The number of hydrogen-bond donors (Lipinski definition) is 2. The van der Waals surface area contributed by atoms with Gasteiger partial charge in [-0.3, -0.25) is 19.8 Å². The molecule has 1 saturated heterocycles. The fraction of sp³-hybridized carbons (Fsp3) is 0.500. The molecule has 2 aliphatic heterocycles. The normalized spacial score (nSPS) is 20.9. The van der Waals surface area contributed by atoms with Crippen molar-refractivity contribution in [1.29, 1.82) is 0 Å². The van der Waals surface area contributed by atoms with Crippen LogP contribution < -0.4 is 5.32 Å². The van der Waals surface area contributed by atoms with Crippen molar-refractivity contribution < 1.29 is 29.1 Å². The van der Waals surface area contributed by atoms with Crippen LogP contribution in [0.4, 0.5) is 4.79 Å². The van der Waals surface area contributed by atoms with Gasteiger partial charge in [-0.1, -0.05) is 44.2 Å². The number of halogens is 1. The number of ether oxygens (including phenoxy) is 1. The van der Waals surface area contributed by atoms with Gasteiger partial charge in [-0.2, -0.15) is 0 Å². The molecule has 0 bridgehead atoms. The molecule has 2 aliphatic rings. The van der Waals surface area contributed by atoms with Crippen LogP contribution in [-0.4, -0.2) is 85.7 Å². The molecule has 0 radical (unpaired) electrons. The van der Waals surface area contributed by atoms with Crippen molar-refractivity contribution in [2.75, 3.05) is 30.5 Å². The van der Waals surface area contributed by atoms with E-state index in [-0.39, 0.29) is 40.5 Å². The number of ketones is 1. The minimum atomic E-state index is -1.49. The van der Waals surface area contributed by atoms with Crippen molar-refractivity contribution in [1.82, 2.24) is 20.4 Å². The van der Waals surface area contributed by atoms with Gasteiger partial charge in [0.1, 0.15) is 29.2 Å². The molecule has 15 heteroatoms. The number of carbonyl (C=O) groups excluding carboxylic acids is 2. The Morgan fingerprint density at radius 3 is 2.84 bits per heavy atom. The number of thioether (sulfide) groups is 2. The van der Waals surface area contributed by atoms with Crippen LogP contribution in [0, 0.1) is 6.92 Å². The van der Waals surface area contributed by atoms with Gasteiger partial charge in [-0.05, 0) is 6.92 Å². The minimum absolute atomic E-state index is 0.0374. The first kappa shape index (κ1) is 24.0. The third-order valence-electron chi connectivity index (χ3n) is 4.19. The Bertz CT molecular complexity index is 939. The zero-order valence-electron chi connectivity index (χ0n) is 16.4. The molecule has 0 unspecified atom stereocenters. The number of amides is 1. The summed E-state index contributed by atoms with van der Waals surface area (Å²) in [6.45, 7) is 1.89. The maximum atomic E-state index is 12.8. The number of aryl methyl sites for hydroxylation is 1. The molecular weight excluding hydrogens is 534 g/mol. The number of nitrogens with one attached hydrogen (secondary N) is 1. The lowest BCUT2D eigenvalue weighted by molar-refractivity contribution is -0.146. The quantitative estimate of drug-likeness (QED) is 0.109. The molecule has 0 spiro atoms. The molecule has 0 saturated carbocycles. The SMILES string of the molecule is CO/N=C(/CN[C@@H]1C(=O)N2C(OC(=O)O)=C(CSc3nnc(C)s3)CS[C@H]12)C(=O)CBr. The van der Waals surface area contributed by atoms with Gasteiger partial charge in [0.25, 0.3) is 5.91 Å². The van der Waals surface area contributed by atoms with Crippen LogP contribution in [0.25, 0.3) is 0 Å². The standard InChI is InChI=1S/C16H18BrN5O6S3/c1-7-19-20-15(31-7)30-6-8-5-29-14-11(12(24)22(14)13(8)28-16(25)26)18-4-9(21-27-2)10(23)3-17/h11,14,18H,3-6H2,1-2H3,(H,25,26)/b21-9-/t11-,14-/m1/s1. The van der Waals surface area contributed by atoms with E-state index < -0.39 is 12.2 Å². The molecule has 0 aliphatic carbocycles. The highest BCUT2D eigenvalue weighted by molar-refractivity contribution is 9.09. The van der Waals surface area contributed by atoms with E-state index in [1.165, 1.54) is 46.9 Å². The molecule has 2 N–H and O–H groups in total. The summed E-state index contributed by atoms with van der Waals surface area (Å²) in [5.41, 5.74) is 0.831. The number of carboxylic acid groups (broad SMARTS) is 1. The second kappa shape index (κ2) is 10.8. The van der Waals surface area contributed by atoms with Crippen molar-refractivity contribution >= 4 is 74.3 Å². The monoisotopic (exact) mass is 551 g/mol. The summed E-state index contributed by atoms with van der Waals surface area (Å²) in [5, 5.41) is 24.4. The molecule has 2 atom stereocenters. The van der Waals surface area contributed by atoms with Gasteiger partial charge in [0.2, 0.25) is 5.88 Å². The first-order chi connectivity index (χ1) is 14.8. The molecule has 1 aromatic rings. The van der Waals surface area contributed by atoms with Gasteiger partial charge in [-0.15, -0.1) is 22.0 Å². The van der Waals surface area contributed by atoms with E-state index in [1.807, 2.05) is 6.92 Å². The Hall–Kier alpha value is -1.68. The second-order valence-corrected chi connectivity index (χ2v) is 10.3. The Kier molecular flexibility index (Phi) is 8.32. The predicted octanol–water partition coefficient (Wildman–Crippen LogP) is 1.68. The van der Waals surface area contributed by atoms with Crippen LogP contribution in [0.1, 0.15) is 5.01 Å². The number of oxime groups is 1. The Balaban J connectivity index is 1.70. The molecule has 1 fully saturated rings. The number of β-lactam (4-membered cyclic amide) rings is 1. The molecule has 31 heavy (non-hydrogen) atoms. The van der Waals surface area contributed by atoms with E-state index in [4.69, 9.17) is 9.84 Å². The van der Waals surface area contributed by atoms with Crippen LogP contribution in [0.15, 0.2) is 21.0 Å². The van der Waals surface area contributed by atoms with Crippen LogP contribution in [0.5, 0.6) is 0 Å². The number of Topliss-reactive ketones (excluding diaryl/α,β-unsaturated/α-hetero) is 1. The van der Waals surface area contributed by atoms with Gasteiger partial charge in [0, 0.05) is 23.6 Å². The van der Waals surface area contributed by atoms with Crippen LogP contribution in [-0.2, 0) is 19.2 Å². The zero-order chi connectivity index (χ0) is 22.5. The predicted molar refractivity (Wildman–Crippen MR) is 120 cm³/mol. The lowest BCUT2D eigenvalue weighted by atomic mass is 10.1. The highest BCUT2D eigenvalue weighted by Gasteiger charge is 2.53. The number of fused-ring (bicyclic) bond motifs is 1. The summed E-state index contributed by atoms with van der Waals surface area (Å²) in [6, 6.07) is -0.609. The van der Waals surface area contributed by atoms with Gasteiger partial charge in [-0.25, -0.2) is 4.79 Å². The lowest BCUT2D eigenvalue weighted by Gasteiger charge is -2.49. The molecule has 0 aromatic carbocycles. The number of aromatic nitrogens is 2. The minimum Gasteiger partial charge on any atom is -0.449 e. The molecule has 11 nitrogen and oxygen atoms in total. The molecular formula is C16H18BrN5O6S3. The Morgan fingerprint density at radius 2 is 2.23 bits per heavy atom. The second-order valence-electron chi connectivity index (χ2n) is 6.20. The summed E-state index contributed by atoms with van der Waals surface area (Å²) in [4.78, 5) is 41.9. The Labute approximate surface area is 198 Å². The number of carbonyl (C=O) groups is 3. The van der Waals surface area contributed by atoms with E-state index >= 15 is 0 Å². The third kappa shape index (κ3) is 5.58. The molecule has 1 aromatic heterocycles. The van der Waals surface area contributed by atoms with Crippen LogP contribution >= 0.6 is 50.8 Å². The van der Waals surface area contributed by atoms with Crippen molar-refractivity contribution in [2.24, 2.45) is 5.16 Å². The fourth-order valence-electron chi connectivity index (χ4n) is 2.83. The lowest BCUT2D eigenvalue weighted by Crippen LogP contribution is -2.70. The van der Waals surface area contributed by atoms with Crippen molar-refractivity contribution in [3.63, 3.8) is 0 Å². The van der Waals surface area contributed by atoms with Crippen molar-refractivity contribution in [3.05, 3.63) is 16.5 Å². The van der Waals surface area contributed by atoms with E-state index in [2.05, 4.69) is 41.4 Å². The summed E-state index contributed by atoms with van der Waals surface area (Å²) >= 11 is 7.41. The van der Waals surface area contributed by atoms with Gasteiger partial charge >= 0.3 is 6.16 Å². The summed E-state index contributed by atoms with van der Waals surface area (Å²) in [6.07, 6.45) is -1.49. The van der Waals surface area contributed by atoms with Crippen molar-refractivity contribution in [2.45, 2.75) is 22.7 Å². The fourth-order valence-corrected chi connectivity index (χ4v) is 6.44. The van der Waals surface area contributed by atoms with Crippen LogP contribution in [0.2, 0.25) is 0 Å². The smallest absolute Gasteiger partial charge is 0.449 e. The van der Waals surface area contributed by atoms with Crippen LogP contribution in [0.3, 0.4) is 0 Å². The highest BCUT2D eigenvalue weighted by Crippen LogP contribution is 2.42. The molecule has 3 rings (SSSR count). The maximum absolute atomic E-state index is 12.8. The molecule has 3 heterocycles. The average Bonchev–Trinajstić information content (AvgIpc) is 3.15. The largest absolute Gasteiger partial charge is 0.512 e. The number of nitrogens with zero attached hydrogens (tertiary/aromatic N) is 4. The first-order valence-electron chi connectivity index (χ1n) is 8.78. The van der Waals surface area contributed by atoms with Gasteiger partial charge in [0.05, 0.1) is 5.33 Å². The summed E-state index contributed by atoms with van der Waals surface area (Å²) in [5.74, 6) is 0.333. The summed E-state index contributed by atoms with van der Waals surface area (Å²) < 4.78 is 5.73. The van der Waals surface area contributed by atoms with Crippen molar-refractivity contribution in [3.8, 4) is 0 Å². The average molecular weight is 552 g/mol. The third-order valence-corrected chi connectivity index (χ3v) is 8.10. The maximum Gasteiger partial charge on any atom is 0.512 e. The van der Waals surface area contributed by atoms with E-state index in [9.17, 15) is 14.4 Å². The first-order valence-corrected chi connectivity index (χ1v) is 12.8. The molecule has 1 amide bonds. The van der Waals surface area contributed by atoms with E-state index in [0.29, 0.717) is 17.1 Å². The number of alkyl halides is 1. The Morgan fingerprint density at radius 1 is 1.45 bits per heavy atom. The molecule has 168 valence electrons. The number of rotatable bonds is 10. The zero-order valence-corrected chi connectivity index (χ0v) is 20.4. The van der Waals surface area contributed by atoms with E-state index in [1.54, 1.807) is 0 Å². The highest BCUT2D eigenvalue weighted by atomic mass is 79.9. The van der Waals surface area contributed by atoms with Gasteiger partial charge in [0.15, 0.2) is 10.1 Å². The summed E-state index contributed by atoms with van der Waals surface area (Å²) in [7, 11) is 1.33.